The lowest BCUT2D eigenvalue weighted by molar-refractivity contribution is 0.413. The van der Waals surface area contributed by atoms with Crippen molar-refractivity contribution in [3.05, 3.63) is 35.7 Å². The van der Waals surface area contributed by atoms with E-state index < -0.39 is 0 Å². The van der Waals surface area contributed by atoms with Crippen LogP contribution in [0.3, 0.4) is 0 Å². The zero-order chi connectivity index (χ0) is 14.7. The van der Waals surface area contributed by atoms with Crippen molar-refractivity contribution in [2.45, 2.75) is 44.9 Å². The lowest BCUT2D eigenvalue weighted by Gasteiger charge is -2.04. The molecule has 1 aliphatic carbocycles. The molecule has 1 saturated carbocycles. The third-order valence-corrected chi connectivity index (χ3v) is 4.56. The van der Waals surface area contributed by atoms with Crippen LogP contribution in [0.1, 0.15) is 49.9 Å². The second-order valence-electron chi connectivity index (χ2n) is 5.98. The SMILES string of the molecule is CCC1CCC(c2noc(-c3ccc(CCN)cc3)n2)C1. The molecule has 1 aromatic carbocycles. The van der Waals surface area contributed by atoms with Gasteiger partial charge >= 0.3 is 0 Å². The first kappa shape index (κ1) is 14.3. The first-order valence-corrected chi connectivity index (χ1v) is 7.93. The van der Waals surface area contributed by atoms with Crippen molar-refractivity contribution in [1.82, 2.24) is 10.1 Å². The van der Waals surface area contributed by atoms with Crippen LogP contribution in [0.4, 0.5) is 0 Å². The molecule has 1 heterocycles. The van der Waals surface area contributed by atoms with E-state index in [4.69, 9.17) is 10.3 Å². The summed E-state index contributed by atoms with van der Waals surface area (Å²) in [6.45, 7) is 2.93. The van der Waals surface area contributed by atoms with E-state index in [0.29, 0.717) is 18.4 Å². The summed E-state index contributed by atoms with van der Waals surface area (Å²) < 4.78 is 5.45. The molecule has 2 N–H and O–H groups in total. The van der Waals surface area contributed by atoms with Crippen LogP contribution in [-0.4, -0.2) is 16.7 Å². The van der Waals surface area contributed by atoms with E-state index in [1.807, 2.05) is 12.1 Å². The molecule has 0 radical (unpaired) electrons. The quantitative estimate of drug-likeness (QED) is 0.912. The molecule has 4 nitrogen and oxygen atoms in total. The van der Waals surface area contributed by atoms with E-state index in [1.165, 1.54) is 31.2 Å². The maximum atomic E-state index is 5.56. The second kappa shape index (κ2) is 6.39. The Morgan fingerprint density at radius 1 is 1.24 bits per heavy atom. The van der Waals surface area contributed by atoms with Crippen LogP contribution in [-0.2, 0) is 6.42 Å². The van der Waals surface area contributed by atoms with Crippen molar-refractivity contribution in [3.63, 3.8) is 0 Å². The normalized spacial score (nSPS) is 21.8. The molecular weight excluding hydrogens is 262 g/mol. The van der Waals surface area contributed by atoms with Crippen molar-refractivity contribution < 1.29 is 4.52 Å². The minimum absolute atomic E-state index is 0.476. The van der Waals surface area contributed by atoms with Crippen molar-refractivity contribution >= 4 is 0 Å². The first-order valence-electron chi connectivity index (χ1n) is 7.93. The molecule has 112 valence electrons. The van der Waals surface area contributed by atoms with Gasteiger partial charge in [-0.25, -0.2) is 0 Å². The molecule has 0 bridgehead atoms. The number of nitrogens with two attached hydrogens (primary N) is 1. The summed E-state index contributed by atoms with van der Waals surface area (Å²) in [5.41, 5.74) is 7.79. The van der Waals surface area contributed by atoms with Crippen LogP contribution in [0.2, 0.25) is 0 Å². The third kappa shape index (κ3) is 3.16. The van der Waals surface area contributed by atoms with E-state index >= 15 is 0 Å². The smallest absolute Gasteiger partial charge is 0.257 e. The molecule has 2 atom stereocenters. The molecule has 1 aliphatic rings. The summed E-state index contributed by atoms with van der Waals surface area (Å²) in [7, 11) is 0. The number of hydrogen-bond acceptors (Lipinski definition) is 4. The Bertz CT molecular complexity index is 576. The van der Waals surface area contributed by atoms with Gasteiger partial charge < -0.3 is 10.3 Å². The molecule has 2 unspecified atom stereocenters. The summed E-state index contributed by atoms with van der Waals surface area (Å²) in [6.07, 6.45) is 5.83. The van der Waals surface area contributed by atoms with Crippen LogP contribution in [0.25, 0.3) is 11.5 Å². The monoisotopic (exact) mass is 285 g/mol. The highest BCUT2D eigenvalue weighted by molar-refractivity contribution is 5.53. The first-order chi connectivity index (χ1) is 10.3. The molecule has 0 amide bonds. The second-order valence-corrected chi connectivity index (χ2v) is 5.98. The van der Waals surface area contributed by atoms with E-state index in [-0.39, 0.29) is 0 Å². The van der Waals surface area contributed by atoms with Crippen LogP contribution in [0.5, 0.6) is 0 Å². The molecule has 0 aliphatic heterocycles. The van der Waals surface area contributed by atoms with Crippen molar-refractivity contribution in [3.8, 4) is 11.5 Å². The van der Waals surface area contributed by atoms with Gasteiger partial charge in [0.15, 0.2) is 5.82 Å². The Balaban J connectivity index is 1.72. The summed E-state index contributed by atoms with van der Waals surface area (Å²) in [5, 5.41) is 4.20. The molecule has 21 heavy (non-hydrogen) atoms. The van der Waals surface area contributed by atoms with Crippen molar-refractivity contribution in [1.29, 1.82) is 0 Å². The van der Waals surface area contributed by atoms with Gasteiger partial charge in [-0.1, -0.05) is 30.6 Å². The van der Waals surface area contributed by atoms with Crippen LogP contribution < -0.4 is 5.73 Å². The fourth-order valence-electron chi connectivity index (χ4n) is 3.18. The molecular formula is C17H23N3O. The van der Waals surface area contributed by atoms with E-state index in [1.54, 1.807) is 0 Å². The highest BCUT2D eigenvalue weighted by Crippen LogP contribution is 2.38. The lowest BCUT2D eigenvalue weighted by atomic mass is 10.0. The summed E-state index contributed by atoms with van der Waals surface area (Å²) in [5.74, 6) is 2.81. The summed E-state index contributed by atoms with van der Waals surface area (Å²) >= 11 is 0. The molecule has 1 aromatic heterocycles. The molecule has 1 fully saturated rings. The van der Waals surface area contributed by atoms with Crippen LogP contribution in [0.15, 0.2) is 28.8 Å². The van der Waals surface area contributed by atoms with Gasteiger partial charge in [0, 0.05) is 11.5 Å². The van der Waals surface area contributed by atoms with Gasteiger partial charge in [-0.15, -0.1) is 0 Å². The Morgan fingerprint density at radius 3 is 2.71 bits per heavy atom. The number of benzene rings is 1. The average molecular weight is 285 g/mol. The highest BCUT2D eigenvalue weighted by atomic mass is 16.5. The van der Waals surface area contributed by atoms with Gasteiger partial charge in [0.25, 0.3) is 5.89 Å². The molecule has 0 saturated heterocycles. The maximum absolute atomic E-state index is 5.56. The molecule has 3 rings (SSSR count). The largest absolute Gasteiger partial charge is 0.334 e. The summed E-state index contributed by atoms with van der Waals surface area (Å²) in [6, 6.07) is 8.22. The van der Waals surface area contributed by atoms with Crippen molar-refractivity contribution in [2.75, 3.05) is 6.54 Å². The zero-order valence-corrected chi connectivity index (χ0v) is 12.6. The number of aromatic nitrogens is 2. The Morgan fingerprint density at radius 2 is 2.05 bits per heavy atom. The predicted octanol–water partition coefficient (Wildman–Crippen LogP) is 3.53. The van der Waals surface area contributed by atoms with Crippen molar-refractivity contribution in [2.24, 2.45) is 11.7 Å². The molecule has 2 aromatic rings. The zero-order valence-electron chi connectivity index (χ0n) is 12.6. The third-order valence-electron chi connectivity index (χ3n) is 4.56. The van der Waals surface area contributed by atoms with Gasteiger partial charge in [-0.3, -0.25) is 0 Å². The Hall–Kier alpha value is -1.68. The Labute approximate surface area is 125 Å². The highest BCUT2D eigenvalue weighted by Gasteiger charge is 2.28. The minimum atomic E-state index is 0.476. The Kier molecular flexibility index (Phi) is 4.34. The maximum Gasteiger partial charge on any atom is 0.257 e. The summed E-state index contributed by atoms with van der Waals surface area (Å²) in [4.78, 5) is 4.60. The van der Waals surface area contributed by atoms with Gasteiger partial charge in [0.05, 0.1) is 0 Å². The van der Waals surface area contributed by atoms with E-state index in [0.717, 1.165) is 23.7 Å². The lowest BCUT2D eigenvalue weighted by Crippen LogP contribution is -2.02. The average Bonchev–Trinajstić information content (AvgIpc) is 3.17. The minimum Gasteiger partial charge on any atom is -0.334 e. The fourth-order valence-corrected chi connectivity index (χ4v) is 3.18. The van der Waals surface area contributed by atoms with Gasteiger partial charge in [0.2, 0.25) is 0 Å². The fraction of sp³-hybridized carbons (Fsp3) is 0.529. The van der Waals surface area contributed by atoms with Crippen LogP contribution in [0, 0.1) is 5.92 Å². The number of rotatable bonds is 5. The number of nitrogens with zero attached hydrogens (tertiary/aromatic N) is 2. The number of hydrogen-bond donors (Lipinski definition) is 1. The van der Waals surface area contributed by atoms with E-state index in [2.05, 4.69) is 29.2 Å². The topological polar surface area (TPSA) is 64.9 Å². The van der Waals surface area contributed by atoms with E-state index in [9.17, 15) is 0 Å². The van der Waals surface area contributed by atoms with Gasteiger partial charge in [-0.2, -0.15) is 4.98 Å². The van der Waals surface area contributed by atoms with Crippen LogP contribution >= 0.6 is 0 Å². The standard InChI is InChI=1S/C17H23N3O/c1-2-12-3-8-15(11-12)16-19-17(21-20-16)14-6-4-13(5-7-14)9-10-18/h4-7,12,15H,2-3,8-11,18H2,1H3. The van der Waals surface area contributed by atoms with Gasteiger partial charge in [-0.05, 0) is 55.8 Å². The molecule has 4 heteroatoms. The van der Waals surface area contributed by atoms with Gasteiger partial charge in [0.1, 0.15) is 0 Å². The molecule has 0 spiro atoms. The predicted molar refractivity (Wildman–Crippen MR) is 82.9 cm³/mol.